The minimum absolute atomic E-state index is 0.0383. The second-order valence-corrected chi connectivity index (χ2v) is 13.4. The number of hydrogen-bond acceptors (Lipinski definition) is 6. The van der Waals surface area contributed by atoms with E-state index in [1.165, 1.54) is 30.3 Å². The zero-order valence-corrected chi connectivity index (χ0v) is 30.7. The number of aliphatic hydroxyl groups is 4. The Morgan fingerprint density at radius 1 is 0.422 bits per heavy atom. The lowest BCUT2D eigenvalue weighted by Crippen LogP contribution is -2.78. The molecule has 0 amide bonds. The van der Waals surface area contributed by atoms with Crippen molar-refractivity contribution in [2.45, 2.75) is 103 Å². The van der Waals surface area contributed by atoms with Gasteiger partial charge in [-0.25, -0.2) is 0 Å². The minimum Gasteiger partial charge on any atom is -0.491 e. The summed E-state index contributed by atoms with van der Waals surface area (Å²) in [6.45, 7) is -2.91. The largest absolute Gasteiger partial charge is 0.491 e. The number of benzene rings is 2. The molecule has 370 valence electrons. The molecule has 0 spiro atoms. The Balaban J connectivity index is 2.54. The maximum Gasteiger partial charge on any atom is 0.460 e. The van der Waals surface area contributed by atoms with Gasteiger partial charge in [0, 0.05) is 6.42 Å². The summed E-state index contributed by atoms with van der Waals surface area (Å²) in [6.07, 6.45) is -17.0. The number of ether oxygens (including phenoxy) is 2. The molecule has 0 aliphatic carbocycles. The van der Waals surface area contributed by atoms with Crippen LogP contribution in [0, 0.1) is 0 Å². The SMILES string of the molecule is OCC(O)COc1ccc(-c2ccc(OCC(O)CO)c(CCCC(F)(F)C(F)(F)C(F)(F)C(F)(F)C(F)(F)C(F)(F)C(F)(F)C(F)(F)C(F)(F)C(F)(F)C(F)(F)C(F)(F)F)c2)cc1. The molecule has 0 aliphatic heterocycles. The van der Waals surface area contributed by atoms with Crippen LogP contribution in [0.2, 0.25) is 0 Å². The van der Waals surface area contributed by atoms with Crippen molar-refractivity contribution in [3.05, 3.63) is 48.0 Å². The van der Waals surface area contributed by atoms with Crippen molar-refractivity contribution in [2.24, 2.45) is 0 Å². The van der Waals surface area contributed by atoms with Crippen molar-refractivity contribution in [1.82, 2.24) is 0 Å². The summed E-state index contributed by atoms with van der Waals surface area (Å²) in [7, 11) is 0. The Bertz CT molecular complexity index is 1870. The smallest absolute Gasteiger partial charge is 0.460 e. The first-order valence-electron chi connectivity index (χ1n) is 16.8. The minimum atomic E-state index is -9.67. The number of hydrogen-bond donors (Lipinski definition) is 4. The van der Waals surface area contributed by atoms with Gasteiger partial charge in [0.15, 0.2) is 0 Å². The van der Waals surface area contributed by atoms with Gasteiger partial charge in [-0.2, -0.15) is 110 Å². The molecule has 2 aromatic rings. The highest BCUT2D eigenvalue weighted by atomic mass is 19.4. The first-order chi connectivity index (χ1) is 28.5. The Morgan fingerprint density at radius 2 is 0.766 bits per heavy atom. The predicted octanol–water partition coefficient (Wildman–Crippen LogP) is 9.69. The van der Waals surface area contributed by atoms with Crippen LogP contribution in [-0.2, 0) is 6.42 Å². The number of alkyl halides is 25. The summed E-state index contributed by atoms with van der Waals surface area (Å²) in [6, 6.07) is 8.16. The molecule has 0 saturated heterocycles. The molecule has 2 unspecified atom stereocenters. The highest BCUT2D eigenvalue weighted by molar-refractivity contribution is 5.66. The summed E-state index contributed by atoms with van der Waals surface area (Å²) in [5, 5.41) is 36.8. The molecule has 0 heterocycles. The summed E-state index contributed by atoms with van der Waals surface area (Å²) < 4.78 is 356. The van der Waals surface area contributed by atoms with E-state index < -0.39 is 141 Å². The van der Waals surface area contributed by atoms with E-state index in [0.29, 0.717) is 0 Å². The lowest BCUT2D eigenvalue weighted by atomic mass is 9.84. The van der Waals surface area contributed by atoms with Crippen molar-refractivity contribution in [1.29, 1.82) is 0 Å². The number of rotatable bonds is 23. The molecular formula is C33H27F25O6. The van der Waals surface area contributed by atoms with Crippen LogP contribution >= 0.6 is 0 Å². The molecule has 0 saturated carbocycles. The number of aryl methyl sites for hydroxylation is 1. The fourth-order valence-electron chi connectivity index (χ4n) is 4.97. The van der Waals surface area contributed by atoms with E-state index in [4.69, 9.17) is 19.7 Å². The van der Waals surface area contributed by atoms with Crippen molar-refractivity contribution in [3.8, 4) is 22.6 Å². The number of aliphatic hydroxyl groups excluding tert-OH is 4. The van der Waals surface area contributed by atoms with E-state index >= 15 is 0 Å². The van der Waals surface area contributed by atoms with Gasteiger partial charge in [0.05, 0.1) is 13.2 Å². The van der Waals surface area contributed by atoms with E-state index in [-0.39, 0.29) is 16.9 Å². The van der Waals surface area contributed by atoms with Crippen LogP contribution in [0.3, 0.4) is 0 Å². The average molecular weight is 995 g/mol. The van der Waals surface area contributed by atoms with Crippen molar-refractivity contribution < 1.29 is 140 Å². The van der Waals surface area contributed by atoms with Gasteiger partial charge in [0.25, 0.3) is 0 Å². The topological polar surface area (TPSA) is 99.4 Å². The summed E-state index contributed by atoms with van der Waals surface area (Å²) in [5.41, 5.74) is -0.235. The third-order valence-corrected chi connectivity index (χ3v) is 8.84. The molecule has 0 aromatic heterocycles. The maximum atomic E-state index is 14.7. The maximum absolute atomic E-state index is 14.7. The fourth-order valence-corrected chi connectivity index (χ4v) is 4.97. The summed E-state index contributed by atoms with van der Waals surface area (Å²) >= 11 is 0. The van der Waals surface area contributed by atoms with Gasteiger partial charge in [0.1, 0.15) is 36.9 Å². The van der Waals surface area contributed by atoms with Crippen molar-refractivity contribution >= 4 is 0 Å². The normalized spacial score (nSPS) is 15.9. The quantitative estimate of drug-likeness (QED) is 0.0829. The predicted molar refractivity (Wildman–Crippen MR) is 162 cm³/mol. The molecule has 0 bridgehead atoms. The Kier molecular flexibility index (Phi) is 15.9. The first-order valence-corrected chi connectivity index (χ1v) is 16.8. The second kappa shape index (κ2) is 18.1. The van der Waals surface area contributed by atoms with Crippen LogP contribution in [0.15, 0.2) is 42.5 Å². The molecule has 0 radical (unpaired) electrons. The van der Waals surface area contributed by atoms with Gasteiger partial charge < -0.3 is 29.9 Å². The molecule has 0 fully saturated rings. The van der Waals surface area contributed by atoms with Crippen LogP contribution < -0.4 is 9.47 Å². The van der Waals surface area contributed by atoms with Gasteiger partial charge in [-0.1, -0.05) is 18.2 Å². The molecule has 31 heteroatoms. The fraction of sp³-hybridized carbons (Fsp3) is 0.636. The lowest BCUT2D eigenvalue weighted by molar-refractivity contribution is -0.482. The monoisotopic (exact) mass is 994 g/mol. The third-order valence-electron chi connectivity index (χ3n) is 8.84. The molecule has 4 N–H and O–H groups in total. The Labute approximate surface area is 340 Å². The highest BCUT2D eigenvalue weighted by Gasteiger charge is 2.99. The van der Waals surface area contributed by atoms with Crippen molar-refractivity contribution in [3.63, 3.8) is 0 Å². The van der Waals surface area contributed by atoms with Crippen LogP contribution in [0.4, 0.5) is 110 Å². The van der Waals surface area contributed by atoms with Crippen LogP contribution in [-0.4, -0.2) is 130 Å². The van der Waals surface area contributed by atoms with E-state index in [0.717, 1.165) is 12.1 Å². The lowest BCUT2D eigenvalue weighted by Gasteiger charge is -2.45. The van der Waals surface area contributed by atoms with E-state index in [1.54, 1.807) is 0 Å². The molecule has 64 heavy (non-hydrogen) atoms. The van der Waals surface area contributed by atoms with Gasteiger partial charge in [-0.3, -0.25) is 0 Å². The van der Waals surface area contributed by atoms with Gasteiger partial charge in [-0.15, -0.1) is 0 Å². The average Bonchev–Trinajstić information content (AvgIpc) is 3.17. The van der Waals surface area contributed by atoms with Gasteiger partial charge in [-0.05, 0) is 53.8 Å². The molecule has 6 nitrogen and oxygen atoms in total. The Morgan fingerprint density at radius 3 is 1.14 bits per heavy atom. The highest BCUT2D eigenvalue weighted by Crippen LogP contribution is 2.68. The molecular weight excluding hydrogens is 967 g/mol. The first kappa shape index (κ1) is 56.3. The summed E-state index contributed by atoms with van der Waals surface area (Å²) in [5.74, 6) is -99.6. The standard InChI is InChI=1S/C33H27F25O6/c34-22(35,9-1-2-17-10-16(5-8-21(17)64-14-19(62)12-60)15-3-6-20(7-4-15)63-13-18(61)11-59)23(36,37)24(38,39)25(40,41)26(42,43)27(44,45)28(46,47)29(48,49)30(50,51)31(52,53)32(54,55)33(56,57)58/h3-8,10,18-19,59-62H,1-2,9,11-14H2. The number of halogens is 25. The van der Waals surface area contributed by atoms with Gasteiger partial charge in [0.2, 0.25) is 0 Å². The van der Waals surface area contributed by atoms with Crippen LogP contribution in [0.1, 0.15) is 18.4 Å². The van der Waals surface area contributed by atoms with E-state index in [2.05, 4.69) is 0 Å². The van der Waals surface area contributed by atoms with E-state index in [1.807, 2.05) is 0 Å². The third kappa shape index (κ3) is 9.26. The molecule has 0 aliphatic rings. The van der Waals surface area contributed by atoms with Crippen LogP contribution in [0.5, 0.6) is 11.5 Å². The second-order valence-electron chi connectivity index (χ2n) is 13.4. The van der Waals surface area contributed by atoms with Crippen LogP contribution in [0.25, 0.3) is 11.1 Å². The van der Waals surface area contributed by atoms with Crippen molar-refractivity contribution in [2.75, 3.05) is 26.4 Å². The summed E-state index contributed by atoms with van der Waals surface area (Å²) in [4.78, 5) is 0. The van der Waals surface area contributed by atoms with E-state index in [9.17, 15) is 120 Å². The Hall–Kier alpha value is -3.87. The molecule has 2 rings (SSSR count). The zero-order valence-electron chi connectivity index (χ0n) is 30.7. The van der Waals surface area contributed by atoms with Gasteiger partial charge >= 0.3 is 71.3 Å². The zero-order chi connectivity index (χ0) is 50.4. The molecule has 2 aromatic carbocycles. The molecule has 2 atom stereocenters.